The molecule has 0 heterocycles. The first-order valence-electron chi connectivity index (χ1n) is 6.63. The Morgan fingerprint density at radius 1 is 0.913 bits per heavy atom. The van der Waals surface area contributed by atoms with Crippen LogP contribution in [-0.2, 0) is 33.4 Å². The highest BCUT2D eigenvalue weighted by Crippen LogP contribution is 2.03. The molecular formula is C13H23ClN2O7. The standard InChI is InChI=1S/C13H22N2O7.ClH/c1-20-11(17)7-5-9(13(19)22-3)15-10(16)6-4-8(14)12(18)21-2;/h8-9H,4-7,14H2,1-3H3,(H,15,16);1H/t8-,9+;/m0./s1. The molecule has 0 unspecified atom stereocenters. The third-order valence-corrected chi connectivity index (χ3v) is 2.87. The van der Waals surface area contributed by atoms with E-state index in [1.165, 1.54) is 21.3 Å². The molecule has 10 heteroatoms. The molecule has 0 spiro atoms. The van der Waals surface area contributed by atoms with Crippen LogP contribution in [0.15, 0.2) is 0 Å². The van der Waals surface area contributed by atoms with Gasteiger partial charge in [-0.1, -0.05) is 0 Å². The summed E-state index contributed by atoms with van der Waals surface area (Å²) >= 11 is 0. The van der Waals surface area contributed by atoms with E-state index in [-0.39, 0.29) is 38.1 Å². The number of methoxy groups -OCH3 is 3. The van der Waals surface area contributed by atoms with Gasteiger partial charge in [0.2, 0.25) is 5.91 Å². The van der Waals surface area contributed by atoms with Crippen LogP contribution in [0, 0.1) is 0 Å². The normalized spacial score (nSPS) is 12.2. The molecule has 0 aromatic rings. The van der Waals surface area contributed by atoms with Crippen molar-refractivity contribution in [3.63, 3.8) is 0 Å². The van der Waals surface area contributed by atoms with Crippen LogP contribution in [0.3, 0.4) is 0 Å². The van der Waals surface area contributed by atoms with Gasteiger partial charge in [-0.2, -0.15) is 0 Å². The van der Waals surface area contributed by atoms with Gasteiger partial charge in [-0.25, -0.2) is 4.79 Å². The highest BCUT2D eigenvalue weighted by molar-refractivity contribution is 5.86. The molecule has 0 saturated heterocycles. The van der Waals surface area contributed by atoms with E-state index in [0.717, 1.165) is 0 Å². The molecule has 1 amide bonds. The molecule has 0 saturated carbocycles. The van der Waals surface area contributed by atoms with E-state index in [1.807, 2.05) is 0 Å². The number of nitrogens with one attached hydrogen (secondary N) is 1. The van der Waals surface area contributed by atoms with E-state index in [2.05, 4.69) is 19.5 Å². The summed E-state index contributed by atoms with van der Waals surface area (Å²) in [6, 6.07) is -1.88. The quantitative estimate of drug-likeness (QED) is 0.410. The highest BCUT2D eigenvalue weighted by atomic mass is 35.5. The zero-order valence-corrected chi connectivity index (χ0v) is 14.1. The topological polar surface area (TPSA) is 134 Å². The zero-order valence-electron chi connectivity index (χ0n) is 13.3. The lowest BCUT2D eigenvalue weighted by atomic mass is 10.1. The minimum absolute atomic E-state index is 0. The van der Waals surface area contributed by atoms with Gasteiger partial charge in [0.25, 0.3) is 0 Å². The van der Waals surface area contributed by atoms with Gasteiger partial charge in [-0.05, 0) is 12.8 Å². The van der Waals surface area contributed by atoms with Crippen LogP contribution < -0.4 is 11.1 Å². The summed E-state index contributed by atoms with van der Waals surface area (Å²) in [6.45, 7) is 0. The molecule has 0 bridgehead atoms. The summed E-state index contributed by atoms with van der Waals surface area (Å²) in [4.78, 5) is 45.5. The Morgan fingerprint density at radius 3 is 1.96 bits per heavy atom. The first-order valence-corrected chi connectivity index (χ1v) is 6.63. The maximum atomic E-state index is 11.8. The monoisotopic (exact) mass is 354 g/mol. The van der Waals surface area contributed by atoms with Crippen molar-refractivity contribution in [2.45, 2.75) is 37.8 Å². The van der Waals surface area contributed by atoms with E-state index in [0.29, 0.717) is 0 Å². The molecule has 9 nitrogen and oxygen atoms in total. The Kier molecular flexibility index (Phi) is 12.9. The number of amides is 1. The van der Waals surface area contributed by atoms with E-state index < -0.39 is 35.9 Å². The van der Waals surface area contributed by atoms with Gasteiger partial charge in [0, 0.05) is 12.8 Å². The van der Waals surface area contributed by atoms with E-state index in [1.54, 1.807) is 0 Å². The maximum absolute atomic E-state index is 11.8. The number of hydrogen-bond acceptors (Lipinski definition) is 8. The van der Waals surface area contributed by atoms with Crippen LogP contribution >= 0.6 is 12.4 Å². The molecular weight excluding hydrogens is 332 g/mol. The average Bonchev–Trinajstić information content (AvgIpc) is 2.54. The van der Waals surface area contributed by atoms with Crippen molar-refractivity contribution in [1.82, 2.24) is 5.32 Å². The number of esters is 3. The molecule has 0 aliphatic carbocycles. The molecule has 0 aromatic heterocycles. The summed E-state index contributed by atoms with van der Waals surface area (Å²) in [6.07, 6.45) is 0.0117. The fourth-order valence-electron chi connectivity index (χ4n) is 1.58. The van der Waals surface area contributed by atoms with Gasteiger partial charge in [0.1, 0.15) is 12.1 Å². The van der Waals surface area contributed by atoms with Gasteiger partial charge < -0.3 is 25.3 Å². The molecule has 0 aliphatic heterocycles. The Labute approximate surface area is 140 Å². The molecule has 23 heavy (non-hydrogen) atoms. The number of ether oxygens (including phenoxy) is 3. The Morgan fingerprint density at radius 2 is 1.48 bits per heavy atom. The SMILES string of the molecule is COC(=O)CC[C@@H](NC(=O)CC[C@H](N)C(=O)OC)C(=O)OC.Cl. The van der Waals surface area contributed by atoms with Crippen LogP contribution in [0.5, 0.6) is 0 Å². The van der Waals surface area contributed by atoms with Crippen molar-refractivity contribution >= 4 is 36.2 Å². The second-order valence-corrected chi connectivity index (χ2v) is 4.43. The fourth-order valence-corrected chi connectivity index (χ4v) is 1.58. The number of carbonyl (C=O) groups is 4. The Hall–Kier alpha value is -1.87. The molecule has 0 radical (unpaired) electrons. The van der Waals surface area contributed by atoms with Crippen LogP contribution in [0.4, 0.5) is 0 Å². The van der Waals surface area contributed by atoms with Crippen molar-refractivity contribution in [3.8, 4) is 0 Å². The minimum Gasteiger partial charge on any atom is -0.469 e. The van der Waals surface area contributed by atoms with Crippen molar-refractivity contribution in [2.24, 2.45) is 5.73 Å². The second-order valence-electron chi connectivity index (χ2n) is 4.43. The van der Waals surface area contributed by atoms with Crippen molar-refractivity contribution in [1.29, 1.82) is 0 Å². The number of rotatable bonds is 9. The van der Waals surface area contributed by atoms with Crippen molar-refractivity contribution < 1.29 is 33.4 Å². The lowest BCUT2D eigenvalue weighted by molar-refractivity contribution is -0.147. The van der Waals surface area contributed by atoms with Crippen molar-refractivity contribution in [3.05, 3.63) is 0 Å². The molecule has 0 aliphatic rings. The molecule has 134 valence electrons. The van der Waals surface area contributed by atoms with Gasteiger partial charge in [0.15, 0.2) is 0 Å². The molecule has 0 fully saturated rings. The zero-order chi connectivity index (χ0) is 17.1. The summed E-state index contributed by atoms with van der Waals surface area (Å²) in [5.41, 5.74) is 5.50. The smallest absolute Gasteiger partial charge is 0.328 e. The number of carbonyl (C=O) groups excluding carboxylic acids is 4. The van der Waals surface area contributed by atoms with Gasteiger partial charge >= 0.3 is 17.9 Å². The van der Waals surface area contributed by atoms with Crippen LogP contribution in [0.2, 0.25) is 0 Å². The maximum Gasteiger partial charge on any atom is 0.328 e. The molecule has 0 aromatic carbocycles. The lowest BCUT2D eigenvalue weighted by Crippen LogP contribution is -2.42. The second kappa shape index (κ2) is 12.7. The number of halogens is 1. The van der Waals surface area contributed by atoms with E-state index in [9.17, 15) is 19.2 Å². The van der Waals surface area contributed by atoms with Gasteiger partial charge in [-0.15, -0.1) is 12.4 Å². The highest BCUT2D eigenvalue weighted by Gasteiger charge is 2.23. The molecule has 2 atom stereocenters. The van der Waals surface area contributed by atoms with Crippen LogP contribution in [0.1, 0.15) is 25.7 Å². The van der Waals surface area contributed by atoms with Gasteiger partial charge in [-0.3, -0.25) is 14.4 Å². The third-order valence-electron chi connectivity index (χ3n) is 2.87. The van der Waals surface area contributed by atoms with Crippen molar-refractivity contribution in [2.75, 3.05) is 21.3 Å². The largest absolute Gasteiger partial charge is 0.469 e. The summed E-state index contributed by atoms with van der Waals surface area (Å²) in [7, 11) is 3.59. The van der Waals surface area contributed by atoms with Gasteiger partial charge in [0.05, 0.1) is 21.3 Å². The number of nitrogens with two attached hydrogens (primary N) is 1. The third kappa shape index (κ3) is 9.69. The summed E-state index contributed by atoms with van der Waals surface area (Å²) in [5.74, 6) is -2.28. The Bertz CT molecular complexity index is 417. The van der Waals surface area contributed by atoms with Crippen LogP contribution in [0.25, 0.3) is 0 Å². The van der Waals surface area contributed by atoms with E-state index >= 15 is 0 Å². The van der Waals surface area contributed by atoms with Crippen LogP contribution in [-0.4, -0.2) is 57.2 Å². The van der Waals surface area contributed by atoms with E-state index in [4.69, 9.17) is 5.73 Å². The predicted octanol–water partition coefficient (Wildman–Crippen LogP) is -0.700. The molecule has 3 N–H and O–H groups in total. The first-order chi connectivity index (χ1) is 10.3. The number of hydrogen-bond donors (Lipinski definition) is 2. The summed E-state index contributed by atoms with van der Waals surface area (Å²) < 4.78 is 13.5. The lowest BCUT2D eigenvalue weighted by Gasteiger charge is -2.16. The molecule has 0 rings (SSSR count). The predicted molar refractivity (Wildman–Crippen MR) is 81.7 cm³/mol. The summed E-state index contributed by atoms with van der Waals surface area (Å²) in [5, 5.41) is 2.43. The first kappa shape index (κ1) is 23.4. The minimum atomic E-state index is -0.967. The fraction of sp³-hybridized carbons (Fsp3) is 0.692. The average molecular weight is 355 g/mol. The Balaban J connectivity index is 0.